The van der Waals surface area contributed by atoms with Gasteiger partial charge < -0.3 is 25.2 Å². The number of halogens is 3. The third-order valence-electron chi connectivity index (χ3n) is 7.77. The molecule has 10 heteroatoms. The van der Waals surface area contributed by atoms with E-state index in [1.54, 1.807) is 0 Å². The average Bonchev–Trinajstić information content (AvgIpc) is 3.37. The van der Waals surface area contributed by atoms with Crippen molar-refractivity contribution in [2.75, 3.05) is 62.7 Å². The Morgan fingerprint density at radius 1 is 1.16 bits per heavy atom. The lowest BCUT2D eigenvalue weighted by Gasteiger charge is -2.30. The summed E-state index contributed by atoms with van der Waals surface area (Å²) >= 11 is 0. The van der Waals surface area contributed by atoms with Crippen LogP contribution in [-0.4, -0.2) is 74.6 Å². The number of urea groups is 1. The second-order valence-corrected chi connectivity index (χ2v) is 10.7. The maximum absolute atomic E-state index is 12.9. The number of ether oxygens (including phenoxy) is 1. The van der Waals surface area contributed by atoms with Gasteiger partial charge in [-0.1, -0.05) is 6.07 Å². The summed E-state index contributed by atoms with van der Waals surface area (Å²) in [5, 5.41) is 6.40. The number of morpholine rings is 1. The molecular formula is C28H36F3N5O2. The molecule has 2 atom stereocenters. The van der Waals surface area contributed by atoms with E-state index in [-0.39, 0.29) is 12.6 Å². The Hall–Kier alpha value is -2.85. The number of hydrogen-bond acceptors (Lipinski definition) is 5. The third-order valence-corrected chi connectivity index (χ3v) is 7.77. The molecule has 5 rings (SSSR count). The molecule has 0 spiro atoms. The van der Waals surface area contributed by atoms with E-state index in [0.717, 1.165) is 67.2 Å². The lowest BCUT2D eigenvalue weighted by molar-refractivity contribution is -0.143. The van der Waals surface area contributed by atoms with Crippen LogP contribution in [0.15, 0.2) is 30.3 Å². The SMILES string of the molecule is Cc1ccc(NC(=O)N2CCC(CC(F)(F)F)C2)cc1-c1cc(C2CCCNC2)nc(N2CCOCC2)c1. The molecule has 2 N–H and O–H groups in total. The van der Waals surface area contributed by atoms with E-state index in [1.165, 1.54) is 4.90 Å². The molecule has 3 fully saturated rings. The van der Waals surface area contributed by atoms with Gasteiger partial charge in [-0.25, -0.2) is 9.78 Å². The van der Waals surface area contributed by atoms with E-state index in [2.05, 4.69) is 27.7 Å². The Morgan fingerprint density at radius 2 is 1.97 bits per heavy atom. The summed E-state index contributed by atoms with van der Waals surface area (Å²) in [5.41, 5.74) is 4.81. The number of hydrogen-bond donors (Lipinski definition) is 2. The molecule has 2 unspecified atom stereocenters. The Bertz CT molecular complexity index is 1090. The Kier molecular flexibility index (Phi) is 8.09. The van der Waals surface area contributed by atoms with E-state index < -0.39 is 18.5 Å². The molecule has 0 saturated carbocycles. The maximum Gasteiger partial charge on any atom is 0.389 e. The summed E-state index contributed by atoms with van der Waals surface area (Å²) in [6, 6.07) is 9.69. The van der Waals surface area contributed by atoms with Crippen molar-refractivity contribution in [2.24, 2.45) is 5.92 Å². The number of nitrogens with zero attached hydrogens (tertiary/aromatic N) is 3. The Balaban J connectivity index is 1.38. The summed E-state index contributed by atoms with van der Waals surface area (Å²) in [6.45, 7) is 7.35. The van der Waals surface area contributed by atoms with Crippen molar-refractivity contribution in [1.82, 2.24) is 15.2 Å². The number of amides is 2. The number of nitrogens with one attached hydrogen (secondary N) is 2. The highest BCUT2D eigenvalue weighted by Crippen LogP contribution is 2.34. The van der Waals surface area contributed by atoms with Crippen molar-refractivity contribution in [1.29, 1.82) is 0 Å². The van der Waals surface area contributed by atoms with Crippen molar-refractivity contribution in [2.45, 2.75) is 44.7 Å². The smallest absolute Gasteiger partial charge is 0.378 e. The first-order valence-electron chi connectivity index (χ1n) is 13.5. The molecule has 7 nitrogen and oxygen atoms in total. The molecule has 206 valence electrons. The number of carbonyl (C=O) groups excluding carboxylic acids is 1. The molecule has 3 aliphatic rings. The van der Waals surface area contributed by atoms with Crippen LogP contribution in [0.1, 0.15) is 42.9 Å². The molecule has 0 bridgehead atoms. The van der Waals surface area contributed by atoms with Crippen molar-refractivity contribution in [3.63, 3.8) is 0 Å². The van der Waals surface area contributed by atoms with Gasteiger partial charge in [-0.15, -0.1) is 0 Å². The van der Waals surface area contributed by atoms with Crippen LogP contribution in [0.3, 0.4) is 0 Å². The van der Waals surface area contributed by atoms with Gasteiger partial charge in [-0.2, -0.15) is 13.2 Å². The first-order valence-corrected chi connectivity index (χ1v) is 13.5. The van der Waals surface area contributed by atoms with E-state index in [4.69, 9.17) is 9.72 Å². The third kappa shape index (κ3) is 6.58. The van der Waals surface area contributed by atoms with E-state index in [9.17, 15) is 18.0 Å². The van der Waals surface area contributed by atoms with Gasteiger partial charge in [0.2, 0.25) is 0 Å². The Labute approximate surface area is 221 Å². The Morgan fingerprint density at radius 3 is 2.71 bits per heavy atom. The predicted octanol–water partition coefficient (Wildman–Crippen LogP) is 5.17. The van der Waals surface area contributed by atoms with Gasteiger partial charge in [0.25, 0.3) is 0 Å². The second kappa shape index (κ2) is 11.5. The highest BCUT2D eigenvalue weighted by Gasteiger charge is 2.36. The van der Waals surface area contributed by atoms with Crippen LogP contribution >= 0.6 is 0 Å². The van der Waals surface area contributed by atoms with Crippen molar-refractivity contribution < 1.29 is 22.7 Å². The monoisotopic (exact) mass is 531 g/mol. The molecule has 0 radical (unpaired) electrons. The number of aryl methyl sites for hydroxylation is 1. The van der Waals surface area contributed by atoms with Gasteiger partial charge >= 0.3 is 12.2 Å². The van der Waals surface area contributed by atoms with E-state index in [1.807, 2.05) is 25.1 Å². The number of anilines is 2. The summed E-state index contributed by atoms with van der Waals surface area (Å²) < 4.78 is 43.9. The van der Waals surface area contributed by atoms with E-state index in [0.29, 0.717) is 37.8 Å². The lowest BCUT2D eigenvalue weighted by atomic mass is 9.92. The molecule has 1 aromatic carbocycles. The fraction of sp³-hybridized carbons (Fsp3) is 0.571. The summed E-state index contributed by atoms with van der Waals surface area (Å²) in [4.78, 5) is 21.7. The molecule has 38 heavy (non-hydrogen) atoms. The molecule has 2 aromatic rings. The van der Waals surface area contributed by atoms with Crippen molar-refractivity contribution in [3.05, 3.63) is 41.6 Å². The highest BCUT2D eigenvalue weighted by atomic mass is 19.4. The summed E-state index contributed by atoms with van der Waals surface area (Å²) in [7, 11) is 0. The number of rotatable bonds is 5. The first kappa shape index (κ1) is 26.7. The molecule has 2 amide bonds. The molecule has 3 aliphatic heterocycles. The number of piperidine rings is 1. The summed E-state index contributed by atoms with van der Waals surface area (Å²) in [6.07, 6.45) is -2.49. The van der Waals surface area contributed by atoms with Gasteiger partial charge in [0.15, 0.2) is 0 Å². The standard InChI is InChI=1S/C28H36F3N5O2/c1-19-4-5-23(33-27(37)36-8-6-20(18-36)16-28(29,30)31)15-24(19)22-13-25(21-3-2-7-32-17-21)34-26(14-22)35-9-11-38-12-10-35/h4-5,13-15,20-21,32H,2-3,6-12,16-18H2,1H3,(H,33,37). The predicted molar refractivity (Wildman–Crippen MR) is 142 cm³/mol. The lowest BCUT2D eigenvalue weighted by Crippen LogP contribution is -2.37. The van der Waals surface area contributed by atoms with Crippen LogP contribution in [-0.2, 0) is 4.74 Å². The minimum Gasteiger partial charge on any atom is -0.378 e. The molecule has 3 saturated heterocycles. The topological polar surface area (TPSA) is 69.7 Å². The van der Waals surface area contributed by atoms with Crippen LogP contribution in [0, 0.1) is 12.8 Å². The number of alkyl halides is 3. The normalized spacial score (nSPS) is 22.5. The van der Waals surface area contributed by atoms with Crippen LogP contribution in [0.25, 0.3) is 11.1 Å². The van der Waals surface area contributed by atoms with Crippen LogP contribution < -0.4 is 15.5 Å². The molecule has 4 heterocycles. The first-order chi connectivity index (χ1) is 18.2. The van der Waals surface area contributed by atoms with Gasteiger partial charge in [0.1, 0.15) is 5.82 Å². The number of benzene rings is 1. The molecular weight excluding hydrogens is 495 g/mol. The zero-order valence-corrected chi connectivity index (χ0v) is 21.8. The van der Waals surface area contributed by atoms with Gasteiger partial charge in [-0.3, -0.25) is 0 Å². The fourth-order valence-corrected chi connectivity index (χ4v) is 5.68. The number of carbonyl (C=O) groups is 1. The summed E-state index contributed by atoms with van der Waals surface area (Å²) in [5.74, 6) is 0.733. The van der Waals surface area contributed by atoms with Gasteiger partial charge in [-0.05, 0) is 79.6 Å². The zero-order valence-electron chi connectivity index (χ0n) is 21.8. The average molecular weight is 532 g/mol. The zero-order chi connectivity index (χ0) is 26.7. The highest BCUT2D eigenvalue weighted by molar-refractivity contribution is 5.90. The minimum absolute atomic E-state index is 0.121. The van der Waals surface area contributed by atoms with E-state index >= 15 is 0 Å². The van der Waals surface area contributed by atoms with Gasteiger partial charge in [0, 0.05) is 56.4 Å². The number of pyridine rings is 1. The molecule has 1 aromatic heterocycles. The van der Waals surface area contributed by atoms with Crippen molar-refractivity contribution >= 4 is 17.5 Å². The number of likely N-dealkylation sites (tertiary alicyclic amines) is 1. The molecule has 0 aliphatic carbocycles. The van der Waals surface area contributed by atoms with Crippen LogP contribution in [0.4, 0.5) is 29.5 Å². The van der Waals surface area contributed by atoms with Crippen LogP contribution in [0.5, 0.6) is 0 Å². The second-order valence-electron chi connectivity index (χ2n) is 10.7. The fourth-order valence-electron chi connectivity index (χ4n) is 5.68. The largest absolute Gasteiger partial charge is 0.389 e. The maximum atomic E-state index is 12.9. The minimum atomic E-state index is -4.21. The number of aromatic nitrogens is 1. The van der Waals surface area contributed by atoms with Crippen molar-refractivity contribution in [3.8, 4) is 11.1 Å². The quantitative estimate of drug-likeness (QED) is 0.558. The van der Waals surface area contributed by atoms with Crippen LogP contribution in [0.2, 0.25) is 0 Å². The van der Waals surface area contributed by atoms with Gasteiger partial charge in [0.05, 0.1) is 13.2 Å².